The molecule has 0 aliphatic carbocycles. The molecule has 0 radical (unpaired) electrons. The van der Waals surface area contributed by atoms with Crippen LogP contribution in [0.3, 0.4) is 0 Å². The lowest BCUT2D eigenvalue weighted by Gasteiger charge is -2.10. The molecule has 0 aromatic carbocycles. The maximum absolute atomic E-state index is 10.6. The zero-order chi connectivity index (χ0) is 12.1. The average Bonchev–Trinajstić information content (AvgIpc) is 2.83. The zero-order valence-electron chi connectivity index (χ0n) is 9.46. The van der Waals surface area contributed by atoms with Crippen molar-refractivity contribution < 1.29 is 19.4 Å². The van der Waals surface area contributed by atoms with Gasteiger partial charge in [0.05, 0.1) is 18.9 Å². The minimum Gasteiger partial charge on any atom is -0.492 e. The van der Waals surface area contributed by atoms with Crippen LogP contribution in [0.25, 0.3) is 0 Å². The van der Waals surface area contributed by atoms with Gasteiger partial charge in [-0.25, -0.2) is 9.78 Å². The van der Waals surface area contributed by atoms with E-state index in [9.17, 15) is 4.79 Å². The highest BCUT2D eigenvalue weighted by Gasteiger charge is 2.15. The molecule has 0 saturated carbocycles. The molecule has 92 valence electrons. The number of ether oxygens (including phenoxy) is 2. The molecular weight excluding hydrogens is 222 g/mol. The first-order valence-corrected chi connectivity index (χ1v) is 5.69. The zero-order valence-corrected chi connectivity index (χ0v) is 9.46. The van der Waals surface area contributed by atoms with Crippen molar-refractivity contribution in [2.45, 2.75) is 25.4 Å². The molecule has 17 heavy (non-hydrogen) atoms. The van der Waals surface area contributed by atoms with Crippen molar-refractivity contribution in [3.63, 3.8) is 0 Å². The number of carbonyl (C=O) groups is 1. The van der Waals surface area contributed by atoms with Crippen LogP contribution < -0.4 is 4.74 Å². The van der Waals surface area contributed by atoms with Crippen LogP contribution in [0.2, 0.25) is 0 Å². The van der Waals surface area contributed by atoms with E-state index in [-0.39, 0.29) is 5.69 Å². The van der Waals surface area contributed by atoms with Gasteiger partial charge in [0.15, 0.2) is 0 Å². The van der Waals surface area contributed by atoms with Gasteiger partial charge in [0, 0.05) is 13.0 Å². The Labute approximate surface area is 99.4 Å². The minimum absolute atomic E-state index is 0.0245. The molecule has 1 aromatic rings. The number of pyridine rings is 1. The van der Waals surface area contributed by atoms with Crippen molar-refractivity contribution in [1.82, 2.24) is 4.98 Å². The number of hydrogen-bond acceptors (Lipinski definition) is 4. The third-order valence-corrected chi connectivity index (χ3v) is 2.69. The van der Waals surface area contributed by atoms with Crippen LogP contribution in [0.15, 0.2) is 18.3 Å². The maximum atomic E-state index is 10.6. The molecule has 1 aliphatic rings. The fourth-order valence-electron chi connectivity index (χ4n) is 1.77. The fraction of sp³-hybridized carbons (Fsp3) is 0.500. The van der Waals surface area contributed by atoms with Crippen molar-refractivity contribution in [2.24, 2.45) is 0 Å². The van der Waals surface area contributed by atoms with E-state index in [2.05, 4.69) is 4.98 Å². The standard InChI is InChI=1S/C12H15NO4/c14-12(15)11-4-3-10(8-13-11)17-7-5-9-2-1-6-16-9/h3-4,8-9H,1-2,5-7H2,(H,14,15). The first-order valence-electron chi connectivity index (χ1n) is 5.69. The molecule has 2 rings (SSSR count). The van der Waals surface area contributed by atoms with E-state index in [0.717, 1.165) is 25.9 Å². The molecule has 1 aliphatic heterocycles. The van der Waals surface area contributed by atoms with Crippen LogP contribution in [0.1, 0.15) is 29.8 Å². The number of carboxylic acid groups (broad SMARTS) is 1. The molecule has 0 spiro atoms. The molecule has 0 bridgehead atoms. The van der Waals surface area contributed by atoms with E-state index >= 15 is 0 Å². The molecule has 1 saturated heterocycles. The normalized spacial score (nSPS) is 19.2. The summed E-state index contributed by atoms with van der Waals surface area (Å²) in [4.78, 5) is 14.4. The first-order chi connectivity index (χ1) is 8.25. The van der Waals surface area contributed by atoms with E-state index in [0.29, 0.717) is 18.5 Å². The van der Waals surface area contributed by atoms with Gasteiger partial charge in [0.25, 0.3) is 0 Å². The van der Waals surface area contributed by atoms with Crippen LogP contribution in [-0.2, 0) is 4.74 Å². The maximum Gasteiger partial charge on any atom is 0.354 e. The topological polar surface area (TPSA) is 68.7 Å². The van der Waals surface area contributed by atoms with Gasteiger partial charge >= 0.3 is 5.97 Å². The lowest BCUT2D eigenvalue weighted by Crippen LogP contribution is -2.11. The highest BCUT2D eigenvalue weighted by atomic mass is 16.5. The smallest absolute Gasteiger partial charge is 0.354 e. The second kappa shape index (κ2) is 5.63. The monoisotopic (exact) mass is 237 g/mol. The Balaban J connectivity index is 1.76. The summed E-state index contributed by atoms with van der Waals surface area (Å²) in [5, 5.41) is 8.68. The Morgan fingerprint density at radius 1 is 1.59 bits per heavy atom. The number of hydrogen-bond donors (Lipinski definition) is 1. The van der Waals surface area contributed by atoms with E-state index in [1.165, 1.54) is 12.3 Å². The van der Waals surface area contributed by atoms with Crippen molar-refractivity contribution >= 4 is 5.97 Å². The number of carboxylic acids is 1. The summed E-state index contributed by atoms with van der Waals surface area (Å²) in [5.74, 6) is -0.441. The minimum atomic E-state index is -1.03. The van der Waals surface area contributed by atoms with Crippen molar-refractivity contribution in [1.29, 1.82) is 0 Å². The van der Waals surface area contributed by atoms with Crippen LogP contribution in [0.4, 0.5) is 0 Å². The highest BCUT2D eigenvalue weighted by molar-refractivity contribution is 5.85. The Bertz CT molecular complexity index is 371. The number of aromatic nitrogens is 1. The van der Waals surface area contributed by atoms with Crippen molar-refractivity contribution in [2.75, 3.05) is 13.2 Å². The van der Waals surface area contributed by atoms with Gasteiger partial charge in [0.2, 0.25) is 0 Å². The largest absolute Gasteiger partial charge is 0.492 e. The van der Waals surface area contributed by atoms with Crippen LogP contribution in [-0.4, -0.2) is 35.4 Å². The second-order valence-electron chi connectivity index (χ2n) is 3.96. The summed E-state index contributed by atoms with van der Waals surface area (Å²) in [6.07, 6.45) is 4.82. The summed E-state index contributed by atoms with van der Waals surface area (Å²) < 4.78 is 10.9. The van der Waals surface area contributed by atoms with Gasteiger partial charge in [-0.2, -0.15) is 0 Å². The molecule has 1 N–H and O–H groups in total. The predicted octanol–water partition coefficient (Wildman–Crippen LogP) is 1.73. The Morgan fingerprint density at radius 3 is 3.06 bits per heavy atom. The van der Waals surface area contributed by atoms with Gasteiger partial charge in [-0.15, -0.1) is 0 Å². The highest BCUT2D eigenvalue weighted by Crippen LogP contribution is 2.16. The van der Waals surface area contributed by atoms with Crippen LogP contribution in [0, 0.1) is 0 Å². The Hall–Kier alpha value is -1.62. The second-order valence-corrected chi connectivity index (χ2v) is 3.96. The third-order valence-electron chi connectivity index (χ3n) is 2.69. The molecule has 1 fully saturated rings. The molecule has 5 heteroatoms. The molecule has 1 aromatic heterocycles. The van der Waals surface area contributed by atoms with E-state index in [1.54, 1.807) is 6.07 Å². The van der Waals surface area contributed by atoms with Gasteiger partial charge in [-0.05, 0) is 25.0 Å². The lowest BCUT2D eigenvalue weighted by atomic mass is 10.2. The van der Waals surface area contributed by atoms with Crippen LogP contribution in [0.5, 0.6) is 5.75 Å². The van der Waals surface area contributed by atoms with E-state index in [4.69, 9.17) is 14.6 Å². The average molecular weight is 237 g/mol. The van der Waals surface area contributed by atoms with E-state index in [1.807, 2.05) is 0 Å². The molecule has 2 heterocycles. The number of aromatic carboxylic acids is 1. The molecule has 1 unspecified atom stereocenters. The first kappa shape index (κ1) is 11.9. The van der Waals surface area contributed by atoms with Crippen LogP contribution >= 0.6 is 0 Å². The third kappa shape index (κ3) is 3.42. The predicted molar refractivity (Wildman–Crippen MR) is 60.3 cm³/mol. The fourth-order valence-corrected chi connectivity index (χ4v) is 1.77. The molecule has 1 atom stereocenters. The summed E-state index contributed by atoms with van der Waals surface area (Å²) in [7, 11) is 0. The molecule has 0 amide bonds. The van der Waals surface area contributed by atoms with Gasteiger partial charge in [0.1, 0.15) is 11.4 Å². The lowest BCUT2D eigenvalue weighted by molar-refractivity contribution is 0.0690. The molecular formula is C12H15NO4. The number of nitrogens with zero attached hydrogens (tertiary/aromatic N) is 1. The Morgan fingerprint density at radius 2 is 2.47 bits per heavy atom. The van der Waals surface area contributed by atoms with Gasteiger partial charge in [-0.1, -0.05) is 0 Å². The summed E-state index contributed by atoms with van der Waals surface area (Å²) in [6.45, 7) is 1.41. The molecule has 5 nitrogen and oxygen atoms in total. The van der Waals surface area contributed by atoms with Crippen molar-refractivity contribution in [3.8, 4) is 5.75 Å². The quantitative estimate of drug-likeness (QED) is 0.844. The van der Waals surface area contributed by atoms with E-state index < -0.39 is 5.97 Å². The number of rotatable bonds is 5. The summed E-state index contributed by atoms with van der Waals surface area (Å²) in [6, 6.07) is 3.05. The van der Waals surface area contributed by atoms with Gasteiger partial charge < -0.3 is 14.6 Å². The Kier molecular flexibility index (Phi) is 3.93. The SMILES string of the molecule is O=C(O)c1ccc(OCCC2CCCO2)cn1. The van der Waals surface area contributed by atoms with Gasteiger partial charge in [-0.3, -0.25) is 0 Å². The summed E-state index contributed by atoms with van der Waals surface area (Å²) >= 11 is 0. The summed E-state index contributed by atoms with van der Waals surface area (Å²) in [5.41, 5.74) is 0.0245. The van der Waals surface area contributed by atoms with Crippen molar-refractivity contribution in [3.05, 3.63) is 24.0 Å².